The largest absolute Gasteiger partial charge is 0.463 e. The lowest BCUT2D eigenvalue weighted by Crippen LogP contribution is -2.67. The van der Waals surface area contributed by atoms with Crippen LogP contribution >= 0.6 is 23.2 Å². The van der Waals surface area contributed by atoms with Crippen molar-refractivity contribution in [2.45, 2.75) is 83.0 Å². The quantitative estimate of drug-likeness (QED) is 0.251. The van der Waals surface area contributed by atoms with Gasteiger partial charge < -0.3 is 18.9 Å². The van der Waals surface area contributed by atoms with Gasteiger partial charge in [0.15, 0.2) is 0 Å². The second-order valence-corrected chi connectivity index (χ2v) is 14.4. The highest BCUT2D eigenvalue weighted by Crippen LogP contribution is 2.68. The lowest BCUT2D eigenvalue weighted by atomic mass is 9.43. The summed E-state index contributed by atoms with van der Waals surface area (Å²) in [6.07, 6.45) is 4.51. The molecule has 2 heterocycles. The summed E-state index contributed by atoms with van der Waals surface area (Å²) >= 11 is 12.1. The summed E-state index contributed by atoms with van der Waals surface area (Å²) in [4.78, 5) is 38.8. The van der Waals surface area contributed by atoms with Crippen LogP contribution < -0.4 is 0 Å². The Hall–Kier alpha value is -2.61. The fourth-order valence-corrected chi connectivity index (χ4v) is 9.02. The molecule has 43 heavy (non-hydrogen) atoms. The fourth-order valence-electron chi connectivity index (χ4n) is 8.77. The van der Waals surface area contributed by atoms with Crippen molar-refractivity contribution in [3.63, 3.8) is 0 Å². The molecule has 6 rings (SSSR count). The van der Waals surface area contributed by atoms with Gasteiger partial charge in [0.1, 0.15) is 24.9 Å². The molecule has 2 aromatic carbocycles. The van der Waals surface area contributed by atoms with Crippen LogP contribution in [0.1, 0.15) is 86.4 Å². The summed E-state index contributed by atoms with van der Waals surface area (Å²) in [5.41, 5.74) is -1.27. The van der Waals surface area contributed by atoms with Crippen LogP contribution in [0.5, 0.6) is 0 Å². The Balaban J connectivity index is 1.33. The van der Waals surface area contributed by atoms with Gasteiger partial charge in [0.2, 0.25) is 0 Å². The van der Waals surface area contributed by atoms with Crippen LogP contribution in [0.3, 0.4) is 0 Å². The molecule has 0 N–H and O–H groups in total. The average Bonchev–Trinajstić information content (AvgIpc) is 3.55. The maximum absolute atomic E-state index is 13.4. The summed E-state index contributed by atoms with van der Waals surface area (Å²) in [7, 11) is 0. The predicted octanol–water partition coefficient (Wildman–Crippen LogP) is 7.46. The van der Waals surface area contributed by atoms with E-state index in [1.807, 2.05) is 0 Å². The van der Waals surface area contributed by atoms with E-state index in [2.05, 4.69) is 20.8 Å². The molecule has 2 spiro atoms. The molecule has 2 aliphatic carbocycles. The van der Waals surface area contributed by atoms with E-state index >= 15 is 0 Å². The average molecular weight is 630 g/mol. The maximum Gasteiger partial charge on any atom is 0.338 e. The Kier molecular flexibility index (Phi) is 7.84. The van der Waals surface area contributed by atoms with Gasteiger partial charge in [-0.3, -0.25) is 4.79 Å². The molecule has 0 amide bonds. The van der Waals surface area contributed by atoms with Crippen LogP contribution in [0.25, 0.3) is 0 Å². The van der Waals surface area contributed by atoms with Gasteiger partial charge in [-0.25, -0.2) is 9.59 Å². The van der Waals surface area contributed by atoms with Crippen LogP contribution in [-0.4, -0.2) is 48.4 Å². The van der Waals surface area contributed by atoms with Crippen molar-refractivity contribution < 1.29 is 33.3 Å². The Morgan fingerprint density at radius 2 is 1.51 bits per heavy atom. The minimum atomic E-state index is -0.703. The number of carbonyl (C=O) groups is 3. The molecule has 0 aromatic heterocycles. The first-order valence-corrected chi connectivity index (χ1v) is 15.9. The monoisotopic (exact) mass is 628 g/mol. The van der Waals surface area contributed by atoms with Gasteiger partial charge in [-0.15, -0.1) is 0 Å². The van der Waals surface area contributed by atoms with Crippen LogP contribution in [-0.2, 0) is 23.7 Å². The molecule has 230 valence electrons. The Morgan fingerprint density at radius 1 is 0.884 bits per heavy atom. The summed E-state index contributed by atoms with van der Waals surface area (Å²) in [6, 6.07) is 13.2. The number of hydrogen-bond donors (Lipinski definition) is 0. The second kappa shape index (κ2) is 11.1. The van der Waals surface area contributed by atoms with E-state index in [1.165, 1.54) is 0 Å². The van der Waals surface area contributed by atoms with Gasteiger partial charge in [0.25, 0.3) is 0 Å². The molecular weight excluding hydrogens is 591 g/mol. The Bertz CT molecular complexity index is 1410. The fraction of sp³-hybridized carbons (Fsp3) is 0.559. The highest BCUT2D eigenvalue weighted by molar-refractivity contribution is 6.31. The van der Waals surface area contributed by atoms with Crippen molar-refractivity contribution in [1.29, 1.82) is 0 Å². The summed E-state index contributed by atoms with van der Waals surface area (Å²) < 4.78 is 24.8. The first-order chi connectivity index (χ1) is 20.4. The molecule has 7 atom stereocenters. The molecule has 0 unspecified atom stereocenters. The number of carbonyl (C=O) groups excluding carboxylic acids is 3. The van der Waals surface area contributed by atoms with Crippen molar-refractivity contribution in [2.24, 2.45) is 22.7 Å². The molecule has 2 saturated heterocycles. The molecule has 2 saturated carbocycles. The minimum Gasteiger partial charge on any atom is -0.463 e. The number of hydrogen-bond acceptors (Lipinski definition) is 7. The molecule has 0 bridgehead atoms. The Labute approximate surface area is 262 Å². The number of rotatable bonds is 5. The summed E-state index contributed by atoms with van der Waals surface area (Å²) in [5.74, 6) is -0.822. The van der Waals surface area contributed by atoms with Gasteiger partial charge in [-0.1, -0.05) is 44.0 Å². The molecular formula is C34H38Cl2O7. The van der Waals surface area contributed by atoms with E-state index in [4.69, 9.17) is 42.1 Å². The van der Waals surface area contributed by atoms with Gasteiger partial charge >= 0.3 is 17.9 Å². The standard InChI is InChI=1S/C34H38Cl2O7/c1-21-4-13-26-31(2,19-41-29(38)22-5-9-24(35)10-6-22)27(42-30(39)23-7-11-25(36)12-8-23)14-15-32(26,3)34(21)17-16-33(43-34)18-28(37)40-20-33/h5-12,21,26-27H,4,13-20H2,1-3H3/t21-,26+,27+,31+,32+,33+,34-/m1/s1. The predicted molar refractivity (Wildman–Crippen MR) is 161 cm³/mol. The van der Waals surface area contributed by atoms with Crippen LogP contribution in [0.4, 0.5) is 0 Å². The van der Waals surface area contributed by atoms with E-state index in [0.29, 0.717) is 34.2 Å². The maximum atomic E-state index is 13.4. The highest BCUT2D eigenvalue weighted by atomic mass is 35.5. The molecule has 2 aromatic rings. The molecule has 2 aliphatic heterocycles. The lowest BCUT2D eigenvalue weighted by Gasteiger charge is -2.65. The van der Waals surface area contributed by atoms with Crippen LogP contribution in [0.15, 0.2) is 48.5 Å². The lowest BCUT2D eigenvalue weighted by molar-refractivity contribution is -0.265. The Morgan fingerprint density at radius 3 is 2.12 bits per heavy atom. The zero-order valence-corrected chi connectivity index (χ0v) is 26.3. The number of halogens is 2. The molecule has 9 heteroatoms. The number of fused-ring (bicyclic) bond motifs is 2. The smallest absolute Gasteiger partial charge is 0.338 e. The van der Waals surface area contributed by atoms with Gasteiger partial charge in [0, 0.05) is 20.9 Å². The second-order valence-electron chi connectivity index (χ2n) is 13.5. The first kappa shape index (κ1) is 30.4. The molecule has 0 radical (unpaired) electrons. The minimum absolute atomic E-state index is 0.0131. The van der Waals surface area contributed by atoms with E-state index < -0.39 is 34.7 Å². The zero-order chi connectivity index (χ0) is 30.6. The summed E-state index contributed by atoms with van der Waals surface area (Å²) in [5, 5.41) is 1.07. The summed E-state index contributed by atoms with van der Waals surface area (Å²) in [6.45, 7) is 6.99. The van der Waals surface area contributed by atoms with Crippen molar-refractivity contribution in [3.05, 3.63) is 69.7 Å². The third-order valence-electron chi connectivity index (χ3n) is 11.1. The number of cyclic esters (lactones) is 1. The third-order valence-corrected chi connectivity index (χ3v) is 11.6. The highest BCUT2D eigenvalue weighted by Gasteiger charge is 2.70. The van der Waals surface area contributed by atoms with E-state index in [1.54, 1.807) is 48.5 Å². The zero-order valence-electron chi connectivity index (χ0n) is 24.8. The van der Waals surface area contributed by atoms with E-state index in [0.717, 1.165) is 32.1 Å². The van der Waals surface area contributed by atoms with E-state index in [9.17, 15) is 14.4 Å². The number of esters is 3. The van der Waals surface area contributed by atoms with Crippen LogP contribution in [0.2, 0.25) is 10.0 Å². The van der Waals surface area contributed by atoms with E-state index in [-0.39, 0.29) is 36.2 Å². The van der Waals surface area contributed by atoms with Gasteiger partial charge in [-0.05, 0) is 98.9 Å². The normalized spacial score (nSPS) is 36.8. The topological polar surface area (TPSA) is 88.1 Å². The molecule has 7 nitrogen and oxygen atoms in total. The van der Waals surface area contributed by atoms with Crippen molar-refractivity contribution in [3.8, 4) is 0 Å². The van der Waals surface area contributed by atoms with Crippen LogP contribution in [0, 0.1) is 22.7 Å². The van der Waals surface area contributed by atoms with Gasteiger partial charge in [-0.2, -0.15) is 0 Å². The SMILES string of the molecule is C[C@@H]1CC[C@H]2[C@](C)(COC(=O)c3ccc(Cl)cc3)[C@@H](OC(=O)c3ccc(Cl)cc3)CC[C@]2(C)[C@@]12CC[C@]1(COC(=O)C1)O2. The third kappa shape index (κ3) is 5.15. The number of ether oxygens (including phenoxy) is 4. The molecule has 4 fully saturated rings. The first-order valence-electron chi connectivity index (χ1n) is 15.1. The van der Waals surface area contributed by atoms with Gasteiger partial charge in [0.05, 0.1) is 23.1 Å². The molecule has 4 aliphatic rings. The van der Waals surface area contributed by atoms with Crippen molar-refractivity contribution >= 4 is 41.1 Å². The van der Waals surface area contributed by atoms with Crippen molar-refractivity contribution in [2.75, 3.05) is 13.2 Å². The number of benzene rings is 2. The van der Waals surface area contributed by atoms with Crippen molar-refractivity contribution in [1.82, 2.24) is 0 Å².